The molecule has 0 spiro atoms. The molecule has 1 heterocycles. The van der Waals surface area contributed by atoms with Crippen LogP contribution in [0.2, 0.25) is 5.02 Å². The van der Waals surface area contributed by atoms with Crippen LogP contribution in [0.15, 0.2) is 54.6 Å². The molecule has 3 aromatic rings. The molecular weight excluding hydrogens is 449 g/mol. The lowest BCUT2D eigenvalue weighted by Crippen LogP contribution is -2.36. The monoisotopic (exact) mass is 473 g/mol. The van der Waals surface area contributed by atoms with Gasteiger partial charge >= 0.3 is 0 Å². The van der Waals surface area contributed by atoms with Crippen LogP contribution in [0.1, 0.15) is 31.2 Å². The van der Waals surface area contributed by atoms with E-state index in [0.717, 1.165) is 11.1 Å². The number of hydrogen-bond donors (Lipinski definition) is 1. The summed E-state index contributed by atoms with van der Waals surface area (Å²) < 4.78 is 13.3. The Labute approximate surface area is 196 Å². The molecule has 3 rings (SSSR count). The summed E-state index contributed by atoms with van der Waals surface area (Å²) in [5.74, 6) is -0.767. The van der Waals surface area contributed by atoms with E-state index in [1.54, 1.807) is 47.4 Å². The number of carbonyl (C=O) groups excluding carboxylic acids is 2. The normalized spacial score (nSPS) is 10.9. The average molecular weight is 474 g/mol. The van der Waals surface area contributed by atoms with Crippen LogP contribution in [0, 0.1) is 12.7 Å². The zero-order valence-electron chi connectivity index (χ0n) is 18.2. The van der Waals surface area contributed by atoms with Crippen LogP contribution in [0.25, 0.3) is 0 Å². The van der Waals surface area contributed by atoms with Gasteiger partial charge in [0.1, 0.15) is 5.82 Å². The summed E-state index contributed by atoms with van der Waals surface area (Å²) in [6, 6.07) is 14.7. The van der Waals surface area contributed by atoms with Gasteiger partial charge in [-0.25, -0.2) is 4.39 Å². The topological polar surface area (TPSA) is 52.7 Å². The minimum absolute atomic E-state index is 0.128. The van der Waals surface area contributed by atoms with Crippen LogP contribution in [0.3, 0.4) is 0 Å². The fourth-order valence-corrected chi connectivity index (χ4v) is 4.36. The van der Waals surface area contributed by atoms with Crippen molar-refractivity contribution in [2.45, 2.75) is 13.5 Å². The molecule has 8 heteroatoms. The first-order valence-electron chi connectivity index (χ1n) is 10.1. The van der Waals surface area contributed by atoms with Gasteiger partial charge < -0.3 is 15.1 Å². The fourth-order valence-electron chi connectivity index (χ4n) is 3.11. The number of likely N-dealkylation sites (N-methyl/N-ethyl adjacent to an activating group) is 1. The Bertz CT molecular complexity index is 1100. The van der Waals surface area contributed by atoms with Gasteiger partial charge in [-0.15, -0.1) is 11.3 Å². The molecule has 0 fully saturated rings. The van der Waals surface area contributed by atoms with Crippen LogP contribution >= 0.6 is 22.9 Å². The number of nitrogens with zero attached hydrogens (tertiary/aromatic N) is 2. The Balaban J connectivity index is 1.79. The number of anilines is 1. The largest absolute Gasteiger partial charge is 0.332 e. The second-order valence-corrected chi connectivity index (χ2v) is 9.17. The minimum atomic E-state index is -0.327. The number of halogens is 2. The van der Waals surface area contributed by atoms with Crippen LogP contribution in [-0.4, -0.2) is 48.8 Å². The molecule has 0 aliphatic rings. The molecule has 0 unspecified atom stereocenters. The number of hydrogen-bond acceptors (Lipinski definition) is 4. The summed E-state index contributed by atoms with van der Waals surface area (Å²) in [5, 5.41) is 3.77. The van der Waals surface area contributed by atoms with E-state index in [-0.39, 0.29) is 17.6 Å². The Morgan fingerprint density at radius 3 is 2.41 bits per heavy atom. The van der Waals surface area contributed by atoms with Crippen molar-refractivity contribution in [1.82, 2.24) is 9.80 Å². The van der Waals surface area contributed by atoms with Crippen LogP contribution in [0.5, 0.6) is 0 Å². The Morgan fingerprint density at radius 1 is 1.06 bits per heavy atom. The molecule has 0 aliphatic carbocycles. The third-order valence-electron chi connectivity index (χ3n) is 4.86. The highest BCUT2D eigenvalue weighted by molar-refractivity contribution is 7.18. The van der Waals surface area contributed by atoms with Gasteiger partial charge in [-0.2, -0.15) is 0 Å². The standard InChI is InChI=1S/C24H25ClFN3O2S/c1-16-14-21(27-23(30)19-6-4-5-7-20(19)25)32-22(16)24(31)29(13-12-28(2)3)15-17-8-10-18(26)11-9-17/h4-11,14H,12-13,15H2,1-3H3,(H,27,30). The van der Waals surface area contributed by atoms with Gasteiger partial charge in [0.15, 0.2) is 0 Å². The second-order valence-electron chi connectivity index (χ2n) is 7.71. The number of thiophene rings is 1. The van der Waals surface area contributed by atoms with Crippen molar-refractivity contribution in [2.24, 2.45) is 0 Å². The second kappa shape index (κ2) is 10.7. The first-order chi connectivity index (χ1) is 15.2. The van der Waals surface area contributed by atoms with E-state index in [2.05, 4.69) is 5.32 Å². The van der Waals surface area contributed by atoms with Crippen molar-refractivity contribution in [3.63, 3.8) is 0 Å². The molecule has 0 radical (unpaired) electrons. The molecule has 32 heavy (non-hydrogen) atoms. The van der Waals surface area contributed by atoms with Gasteiger partial charge in [-0.3, -0.25) is 9.59 Å². The van der Waals surface area contributed by atoms with E-state index in [9.17, 15) is 14.0 Å². The lowest BCUT2D eigenvalue weighted by molar-refractivity contribution is 0.0736. The SMILES string of the molecule is Cc1cc(NC(=O)c2ccccc2Cl)sc1C(=O)N(CCN(C)C)Cc1ccc(F)cc1. The zero-order chi connectivity index (χ0) is 23.3. The maximum Gasteiger partial charge on any atom is 0.264 e. The smallest absolute Gasteiger partial charge is 0.264 e. The maximum atomic E-state index is 13.4. The van der Waals surface area contributed by atoms with Gasteiger partial charge in [-0.05, 0) is 62.5 Å². The van der Waals surface area contributed by atoms with Crippen molar-refractivity contribution in [3.8, 4) is 0 Å². The van der Waals surface area contributed by atoms with Crippen LogP contribution in [-0.2, 0) is 6.54 Å². The quantitative estimate of drug-likeness (QED) is 0.482. The van der Waals surface area contributed by atoms with Gasteiger partial charge in [-0.1, -0.05) is 35.9 Å². The highest BCUT2D eigenvalue weighted by Crippen LogP contribution is 2.29. The van der Waals surface area contributed by atoms with E-state index in [0.29, 0.717) is 40.1 Å². The third kappa shape index (κ3) is 6.16. The lowest BCUT2D eigenvalue weighted by atomic mass is 10.2. The lowest BCUT2D eigenvalue weighted by Gasteiger charge is -2.24. The Kier molecular flexibility index (Phi) is 8.01. The molecule has 0 atom stereocenters. The molecule has 1 N–H and O–H groups in total. The summed E-state index contributed by atoms with van der Waals surface area (Å²) in [4.78, 5) is 30.3. The number of rotatable bonds is 8. The van der Waals surface area contributed by atoms with E-state index in [1.165, 1.54) is 23.5 Å². The molecule has 0 saturated heterocycles. The van der Waals surface area contributed by atoms with Crippen molar-refractivity contribution >= 4 is 39.8 Å². The number of benzene rings is 2. The summed E-state index contributed by atoms with van der Waals surface area (Å²) in [7, 11) is 3.89. The van der Waals surface area contributed by atoms with Crippen LogP contribution < -0.4 is 5.32 Å². The van der Waals surface area contributed by atoms with Crippen molar-refractivity contribution in [2.75, 3.05) is 32.5 Å². The van der Waals surface area contributed by atoms with Gasteiger partial charge in [0.05, 0.1) is 20.5 Å². The molecule has 0 bridgehead atoms. The van der Waals surface area contributed by atoms with E-state index < -0.39 is 0 Å². The highest BCUT2D eigenvalue weighted by Gasteiger charge is 2.22. The summed E-state index contributed by atoms with van der Waals surface area (Å²) in [5.41, 5.74) is 2.00. The number of aryl methyl sites for hydroxylation is 1. The number of carbonyl (C=O) groups is 2. The number of amides is 2. The molecule has 0 aliphatic heterocycles. The van der Waals surface area contributed by atoms with Crippen LogP contribution in [0.4, 0.5) is 9.39 Å². The molecule has 168 valence electrons. The van der Waals surface area contributed by atoms with Crippen molar-refractivity contribution < 1.29 is 14.0 Å². The summed E-state index contributed by atoms with van der Waals surface area (Å²) in [6.45, 7) is 3.41. The Hall–Kier alpha value is -2.74. The minimum Gasteiger partial charge on any atom is -0.332 e. The Morgan fingerprint density at radius 2 is 1.75 bits per heavy atom. The molecule has 1 aromatic heterocycles. The molecular formula is C24H25ClFN3O2S. The zero-order valence-corrected chi connectivity index (χ0v) is 19.8. The van der Waals surface area contributed by atoms with Gasteiger partial charge in [0, 0.05) is 19.6 Å². The van der Waals surface area contributed by atoms with Crippen molar-refractivity contribution in [1.29, 1.82) is 0 Å². The summed E-state index contributed by atoms with van der Waals surface area (Å²) in [6.07, 6.45) is 0. The highest BCUT2D eigenvalue weighted by atomic mass is 35.5. The average Bonchev–Trinajstić information content (AvgIpc) is 3.12. The molecule has 0 saturated carbocycles. The predicted octanol–water partition coefficient (Wildman–Crippen LogP) is 5.31. The number of nitrogens with one attached hydrogen (secondary N) is 1. The van der Waals surface area contributed by atoms with Crippen molar-refractivity contribution in [3.05, 3.63) is 87.0 Å². The van der Waals surface area contributed by atoms with E-state index >= 15 is 0 Å². The first kappa shape index (κ1) is 23.9. The third-order valence-corrected chi connectivity index (χ3v) is 6.33. The fraction of sp³-hybridized carbons (Fsp3) is 0.250. The summed E-state index contributed by atoms with van der Waals surface area (Å²) >= 11 is 7.35. The first-order valence-corrected chi connectivity index (χ1v) is 11.3. The van der Waals surface area contributed by atoms with Gasteiger partial charge in [0.25, 0.3) is 11.8 Å². The van der Waals surface area contributed by atoms with E-state index in [4.69, 9.17) is 11.6 Å². The molecule has 2 amide bonds. The predicted molar refractivity (Wildman–Crippen MR) is 128 cm³/mol. The van der Waals surface area contributed by atoms with Gasteiger partial charge in [0.2, 0.25) is 0 Å². The molecule has 2 aromatic carbocycles. The van der Waals surface area contributed by atoms with E-state index in [1.807, 2.05) is 25.9 Å². The molecule has 5 nitrogen and oxygen atoms in total. The maximum absolute atomic E-state index is 13.4.